The zero-order valence-electron chi connectivity index (χ0n) is 39.6. The van der Waals surface area contributed by atoms with Crippen LogP contribution in [0, 0.1) is 0 Å². The Kier molecular flexibility index (Phi) is 9.82. The standard InChI is InChI=1S/C71H47N/c1-4-20-49(21-5-1)69-64-33-16-14-29-59(64)60-30-15-17-34-65(60)70(69)50-38-42-55(43-39-50)72(54-40-36-48(37-41-54)66-46-51-22-10-11-27-57(51)58-28-12-13-31-61(58)66)56-44-45-63-62-32-18-19-35-67(62)71(68(63)47-56,52-23-6-2-7-24-52)53-25-8-3-9-26-53/h1-47H. The predicted octanol–water partition coefficient (Wildman–Crippen LogP) is 19.1. The summed E-state index contributed by atoms with van der Waals surface area (Å²) in [6, 6.07) is 105. The molecule has 0 spiro atoms. The number of rotatable bonds is 8. The molecule has 336 valence electrons. The summed E-state index contributed by atoms with van der Waals surface area (Å²) in [5.74, 6) is 0. The van der Waals surface area contributed by atoms with Gasteiger partial charge in [-0.2, -0.15) is 0 Å². The van der Waals surface area contributed by atoms with Gasteiger partial charge < -0.3 is 4.90 Å². The van der Waals surface area contributed by atoms with Gasteiger partial charge in [0.05, 0.1) is 5.41 Å². The lowest BCUT2D eigenvalue weighted by atomic mass is 9.67. The Morgan fingerprint density at radius 3 is 1.25 bits per heavy atom. The van der Waals surface area contributed by atoms with E-state index in [4.69, 9.17) is 0 Å². The van der Waals surface area contributed by atoms with Crippen molar-refractivity contribution in [3.05, 3.63) is 307 Å². The monoisotopic (exact) mass is 913 g/mol. The van der Waals surface area contributed by atoms with Gasteiger partial charge in [-0.05, 0) is 152 Å². The highest BCUT2D eigenvalue weighted by Crippen LogP contribution is 2.57. The van der Waals surface area contributed by atoms with Gasteiger partial charge in [0.15, 0.2) is 0 Å². The Morgan fingerprint density at radius 2 is 0.653 bits per heavy atom. The maximum atomic E-state index is 2.47. The molecule has 0 aromatic heterocycles. The second kappa shape index (κ2) is 17.0. The van der Waals surface area contributed by atoms with E-state index in [-0.39, 0.29) is 0 Å². The van der Waals surface area contributed by atoms with Crippen LogP contribution in [0.5, 0.6) is 0 Å². The van der Waals surface area contributed by atoms with Gasteiger partial charge in [-0.25, -0.2) is 0 Å². The summed E-state index contributed by atoms with van der Waals surface area (Å²) in [5, 5.41) is 10.1. The molecule has 14 rings (SSSR count). The smallest absolute Gasteiger partial charge is 0.0714 e. The van der Waals surface area contributed by atoms with Crippen LogP contribution in [0.15, 0.2) is 285 Å². The summed E-state index contributed by atoms with van der Waals surface area (Å²) in [6.07, 6.45) is 0. The van der Waals surface area contributed by atoms with E-state index in [0.29, 0.717) is 0 Å². The third-order valence-corrected chi connectivity index (χ3v) is 15.3. The number of benzene rings is 13. The van der Waals surface area contributed by atoms with Gasteiger partial charge in [0.1, 0.15) is 0 Å². The quantitative estimate of drug-likeness (QED) is 0.137. The first-order valence-electron chi connectivity index (χ1n) is 25.0. The van der Waals surface area contributed by atoms with Crippen molar-refractivity contribution in [3.63, 3.8) is 0 Å². The maximum Gasteiger partial charge on any atom is 0.0714 e. The number of nitrogens with zero attached hydrogens (tertiary/aromatic N) is 1. The lowest BCUT2D eigenvalue weighted by molar-refractivity contribution is 0.768. The van der Waals surface area contributed by atoms with Crippen LogP contribution >= 0.6 is 0 Å². The Labute approximate surface area is 420 Å². The number of fused-ring (bicyclic) bond motifs is 9. The summed E-state index contributed by atoms with van der Waals surface area (Å²) in [4.78, 5) is 2.45. The van der Waals surface area contributed by atoms with Crippen LogP contribution in [0.2, 0.25) is 0 Å². The van der Waals surface area contributed by atoms with Crippen molar-refractivity contribution in [1.29, 1.82) is 0 Å². The molecule has 0 atom stereocenters. The molecule has 1 aliphatic rings. The fourth-order valence-corrected chi connectivity index (χ4v) is 12.2. The summed E-state index contributed by atoms with van der Waals surface area (Å²) >= 11 is 0. The number of anilines is 3. The Morgan fingerprint density at radius 1 is 0.236 bits per heavy atom. The zero-order valence-corrected chi connectivity index (χ0v) is 39.6. The molecule has 0 radical (unpaired) electrons. The van der Waals surface area contributed by atoms with Crippen LogP contribution in [0.3, 0.4) is 0 Å². The van der Waals surface area contributed by atoms with E-state index in [1.165, 1.54) is 110 Å². The topological polar surface area (TPSA) is 3.24 Å². The van der Waals surface area contributed by atoms with E-state index in [1.807, 2.05) is 0 Å². The minimum atomic E-state index is -0.536. The van der Waals surface area contributed by atoms with Crippen LogP contribution in [-0.4, -0.2) is 0 Å². The minimum absolute atomic E-state index is 0.536. The lowest BCUT2D eigenvalue weighted by Crippen LogP contribution is -2.28. The molecule has 1 nitrogen and oxygen atoms in total. The molecule has 13 aromatic carbocycles. The molecule has 13 aromatic rings. The minimum Gasteiger partial charge on any atom is -0.310 e. The third kappa shape index (κ3) is 6.48. The van der Waals surface area contributed by atoms with E-state index < -0.39 is 5.41 Å². The highest BCUT2D eigenvalue weighted by molar-refractivity contribution is 6.21. The Bertz CT molecular complexity index is 4140. The van der Waals surface area contributed by atoms with E-state index in [9.17, 15) is 0 Å². The Hall–Kier alpha value is -9.30. The molecule has 0 bridgehead atoms. The molecule has 0 N–H and O–H groups in total. The molecule has 0 unspecified atom stereocenters. The Balaban J connectivity index is 0.984. The second-order valence-corrected chi connectivity index (χ2v) is 19.1. The second-order valence-electron chi connectivity index (χ2n) is 19.1. The highest BCUT2D eigenvalue weighted by atomic mass is 15.1. The van der Waals surface area contributed by atoms with Crippen LogP contribution in [0.4, 0.5) is 17.1 Å². The summed E-state index contributed by atoms with van der Waals surface area (Å²) in [5.41, 5.74) is 17.6. The first kappa shape index (κ1) is 41.7. The van der Waals surface area contributed by atoms with Gasteiger partial charge in [0.2, 0.25) is 0 Å². The predicted molar refractivity (Wildman–Crippen MR) is 305 cm³/mol. The molecule has 0 saturated carbocycles. The SMILES string of the molecule is c1ccc(-c2c(-c3ccc(N(c4ccc(-c5cc6ccccc6c6ccccc56)cc4)c4ccc5c(c4)C(c4ccccc4)(c4ccccc4)c4ccccc4-5)cc3)c3ccccc3c3ccccc23)cc1. The van der Waals surface area contributed by atoms with Gasteiger partial charge in [0.25, 0.3) is 0 Å². The third-order valence-electron chi connectivity index (χ3n) is 15.3. The van der Waals surface area contributed by atoms with Crippen molar-refractivity contribution >= 4 is 60.2 Å². The van der Waals surface area contributed by atoms with E-state index in [2.05, 4.69) is 290 Å². The average Bonchev–Trinajstić information content (AvgIpc) is 3.76. The van der Waals surface area contributed by atoms with Crippen LogP contribution in [-0.2, 0) is 5.41 Å². The van der Waals surface area contributed by atoms with Crippen molar-refractivity contribution < 1.29 is 0 Å². The van der Waals surface area contributed by atoms with Crippen molar-refractivity contribution in [3.8, 4) is 44.5 Å². The molecule has 0 fully saturated rings. The van der Waals surface area contributed by atoms with Gasteiger partial charge in [-0.3, -0.25) is 0 Å². The van der Waals surface area contributed by atoms with Crippen LogP contribution in [0.25, 0.3) is 87.6 Å². The van der Waals surface area contributed by atoms with Gasteiger partial charge in [-0.1, -0.05) is 243 Å². The van der Waals surface area contributed by atoms with Gasteiger partial charge in [-0.15, -0.1) is 0 Å². The number of hydrogen-bond donors (Lipinski definition) is 0. The van der Waals surface area contributed by atoms with E-state index in [1.54, 1.807) is 0 Å². The molecular formula is C71H47N. The molecule has 1 heteroatoms. The zero-order chi connectivity index (χ0) is 47.6. The molecule has 0 aliphatic heterocycles. The van der Waals surface area contributed by atoms with E-state index >= 15 is 0 Å². The number of hydrogen-bond acceptors (Lipinski definition) is 1. The summed E-state index contributed by atoms with van der Waals surface area (Å²) < 4.78 is 0. The molecule has 0 heterocycles. The van der Waals surface area contributed by atoms with Gasteiger partial charge in [0, 0.05) is 17.1 Å². The molecule has 72 heavy (non-hydrogen) atoms. The van der Waals surface area contributed by atoms with Gasteiger partial charge >= 0.3 is 0 Å². The van der Waals surface area contributed by atoms with Crippen molar-refractivity contribution in [2.75, 3.05) is 4.90 Å². The fourth-order valence-electron chi connectivity index (χ4n) is 12.2. The maximum absolute atomic E-state index is 2.47. The first-order valence-corrected chi connectivity index (χ1v) is 25.0. The summed E-state index contributed by atoms with van der Waals surface area (Å²) in [7, 11) is 0. The molecule has 1 aliphatic carbocycles. The van der Waals surface area contributed by atoms with Crippen molar-refractivity contribution in [2.45, 2.75) is 5.41 Å². The van der Waals surface area contributed by atoms with E-state index in [0.717, 1.165) is 17.1 Å². The summed E-state index contributed by atoms with van der Waals surface area (Å²) in [6.45, 7) is 0. The fraction of sp³-hybridized carbons (Fsp3) is 0.0141. The van der Waals surface area contributed by atoms with Crippen molar-refractivity contribution in [2.24, 2.45) is 0 Å². The largest absolute Gasteiger partial charge is 0.310 e. The van der Waals surface area contributed by atoms with Crippen LogP contribution in [0.1, 0.15) is 22.3 Å². The lowest BCUT2D eigenvalue weighted by Gasteiger charge is -2.35. The normalized spacial score (nSPS) is 12.6. The first-order chi connectivity index (χ1) is 35.7. The van der Waals surface area contributed by atoms with Crippen molar-refractivity contribution in [1.82, 2.24) is 0 Å². The molecular weight excluding hydrogens is 867 g/mol. The molecule has 0 amide bonds. The molecule has 0 saturated heterocycles. The van der Waals surface area contributed by atoms with Crippen LogP contribution < -0.4 is 4.90 Å². The average molecular weight is 914 g/mol. The highest BCUT2D eigenvalue weighted by Gasteiger charge is 2.46.